The van der Waals surface area contributed by atoms with E-state index in [9.17, 15) is 18.0 Å². The number of nitrogens with one attached hydrogen (secondary N) is 1. The molecule has 0 atom stereocenters. The lowest BCUT2D eigenvalue weighted by molar-refractivity contribution is -0.120. The molecule has 1 aliphatic heterocycles. The number of ether oxygens (including phenoxy) is 1. The molecular weight excluding hydrogens is 452 g/mol. The predicted octanol–water partition coefficient (Wildman–Crippen LogP) is 3.74. The van der Waals surface area contributed by atoms with Crippen molar-refractivity contribution in [1.82, 2.24) is 4.31 Å². The van der Waals surface area contributed by atoms with Gasteiger partial charge >= 0.3 is 5.97 Å². The minimum Gasteiger partial charge on any atom is -0.465 e. The van der Waals surface area contributed by atoms with E-state index in [0.717, 1.165) is 5.56 Å². The van der Waals surface area contributed by atoms with Crippen molar-refractivity contribution < 1.29 is 22.7 Å². The van der Waals surface area contributed by atoms with Crippen LogP contribution in [0.15, 0.2) is 48.5 Å². The highest BCUT2D eigenvalue weighted by molar-refractivity contribution is 7.89. The molecular formula is C23H27ClN2O5S. The molecule has 1 saturated heterocycles. The number of aryl methyl sites for hydroxylation is 1. The maximum atomic E-state index is 12.7. The Morgan fingerprint density at radius 1 is 1.12 bits per heavy atom. The third-order valence-electron chi connectivity index (χ3n) is 5.57. The van der Waals surface area contributed by atoms with E-state index in [2.05, 4.69) is 5.32 Å². The SMILES string of the molecule is COC(=O)c1cc(NC(=O)C2CCN(S(=O)(=O)CCCc3ccccc3)CC2)ccc1Cl. The van der Waals surface area contributed by atoms with Crippen molar-refractivity contribution >= 4 is 39.2 Å². The number of methoxy groups -OCH3 is 1. The molecule has 0 aromatic heterocycles. The Kier molecular flexibility index (Phi) is 8.28. The van der Waals surface area contributed by atoms with Gasteiger partial charge < -0.3 is 10.1 Å². The molecule has 2 aromatic carbocycles. The van der Waals surface area contributed by atoms with Crippen molar-refractivity contribution in [1.29, 1.82) is 0 Å². The molecule has 172 valence electrons. The third kappa shape index (κ3) is 6.31. The Balaban J connectivity index is 1.50. The van der Waals surface area contributed by atoms with Gasteiger partial charge in [-0.25, -0.2) is 17.5 Å². The van der Waals surface area contributed by atoms with Gasteiger partial charge in [-0.15, -0.1) is 0 Å². The maximum Gasteiger partial charge on any atom is 0.339 e. The van der Waals surface area contributed by atoms with Gasteiger partial charge in [0.15, 0.2) is 0 Å². The summed E-state index contributed by atoms with van der Waals surface area (Å²) in [5, 5.41) is 3.03. The summed E-state index contributed by atoms with van der Waals surface area (Å²) in [5.74, 6) is -0.996. The zero-order valence-electron chi connectivity index (χ0n) is 17.9. The van der Waals surface area contributed by atoms with Crippen molar-refractivity contribution in [3.63, 3.8) is 0 Å². The van der Waals surface area contributed by atoms with Crippen LogP contribution in [0.2, 0.25) is 5.02 Å². The number of halogens is 1. The van der Waals surface area contributed by atoms with E-state index in [1.165, 1.54) is 23.5 Å². The maximum absolute atomic E-state index is 12.7. The van der Waals surface area contributed by atoms with Crippen LogP contribution in [-0.4, -0.2) is 50.6 Å². The second kappa shape index (κ2) is 10.9. The Morgan fingerprint density at radius 3 is 2.47 bits per heavy atom. The Bertz CT molecular complexity index is 1050. The molecule has 0 unspecified atom stereocenters. The van der Waals surface area contributed by atoms with Crippen molar-refractivity contribution in [2.24, 2.45) is 5.92 Å². The number of piperidine rings is 1. The molecule has 7 nitrogen and oxygen atoms in total. The third-order valence-corrected chi connectivity index (χ3v) is 7.85. The first-order valence-corrected chi connectivity index (χ1v) is 12.5. The van der Waals surface area contributed by atoms with Gasteiger partial charge in [0.25, 0.3) is 0 Å². The quantitative estimate of drug-likeness (QED) is 0.583. The van der Waals surface area contributed by atoms with Crippen LogP contribution in [0.5, 0.6) is 0 Å². The first kappa shape index (κ1) is 24.2. The Hall–Kier alpha value is -2.42. The van der Waals surface area contributed by atoms with Gasteiger partial charge in [0.05, 0.1) is 23.4 Å². The first-order valence-electron chi connectivity index (χ1n) is 10.5. The molecule has 1 aliphatic rings. The van der Waals surface area contributed by atoms with Crippen molar-refractivity contribution in [2.75, 3.05) is 31.3 Å². The number of sulfonamides is 1. The molecule has 1 amide bonds. The lowest BCUT2D eigenvalue weighted by Gasteiger charge is -2.30. The van der Waals surface area contributed by atoms with E-state index in [1.807, 2.05) is 30.3 Å². The molecule has 0 saturated carbocycles. The van der Waals surface area contributed by atoms with E-state index >= 15 is 0 Å². The number of esters is 1. The van der Waals surface area contributed by atoms with Gasteiger partial charge in [-0.05, 0) is 49.4 Å². The lowest BCUT2D eigenvalue weighted by atomic mass is 9.97. The fraction of sp³-hybridized carbons (Fsp3) is 0.391. The van der Waals surface area contributed by atoms with Gasteiger partial charge in [0, 0.05) is 24.7 Å². The smallest absolute Gasteiger partial charge is 0.339 e. The number of carbonyl (C=O) groups excluding carboxylic acids is 2. The Morgan fingerprint density at radius 2 is 1.81 bits per heavy atom. The number of hydrogen-bond acceptors (Lipinski definition) is 5. The molecule has 32 heavy (non-hydrogen) atoms. The minimum atomic E-state index is -3.35. The lowest BCUT2D eigenvalue weighted by Crippen LogP contribution is -2.42. The van der Waals surface area contributed by atoms with Crippen LogP contribution in [0.25, 0.3) is 0 Å². The number of nitrogens with zero attached hydrogens (tertiary/aromatic N) is 1. The zero-order chi connectivity index (χ0) is 23.1. The molecule has 3 rings (SSSR count). The highest BCUT2D eigenvalue weighted by atomic mass is 35.5. The first-order chi connectivity index (χ1) is 15.3. The van der Waals surface area contributed by atoms with Crippen LogP contribution in [-0.2, 0) is 26.0 Å². The topological polar surface area (TPSA) is 92.8 Å². The standard InChI is InChI=1S/C23H27ClN2O5S/c1-31-23(28)20-16-19(9-10-21(20)24)25-22(27)18-11-13-26(14-12-18)32(29,30)15-5-8-17-6-3-2-4-7-17/h2-4,6-7,9-10,16,18H,5,8,11-15H2,1H3,(H,25,27). The molecule has 0 spiro atoms. The van der Waals surface area contributed by atoms with Gasteiger partial charge in [-0.3, -0.25) is 4.79 Å². The molecule has 1 heterocycles. The number of rotatable bonds is 8. The summed E-state index contributed by atoms with van der Waals surface area (Å²) in [6.45, 7) is 0.638. The highest BCUT2D eigenvalue weighted by Crippen LogP contribution is 2.25. The summed E-state index contributed by atoms with van der Waals surface area (Å²) in [7, 11) is -2.09. The molecule has 1 N–H and O–H groups in total. The van der Waals surface area contributed by atoms with Crippen LogP contribution in [0, 0.1) is 5.92 Å². The number of hydrogen-bond donors (Lipinski definition) is 1. The summed E-state index contributed by atoms with van der Waals surface area (Å²) in [4.78, 5) is 24.4. The monoisotopic (exact) mass is 478 g/mol. The highest BCUT2D eigenvalue weighted by Gasteiger charge is 2.31. The summed E-state index contributed by atoms with van der Waals surface area (Å²) in [6, 6.07) is 14.4. The average Bonchev–Trinajstić information content (AvgIpc) is 2.80. The van der Waals surface area contributed by atoms with Crippen LogP contribution < -0.4 is 5.32 Å². The molecule has 1 fully saturated rings. The van der Waals surface area contributed by atoms with Crippen molar-refractivity contribution in [3.8, 4) is 0 Å². The van der Waals surface area contributed by atoms with Gasteiger partial charge in [0.2, 0.25) is 15.9 Å². The normalized spacial score (nSPS) is 15.3. The summed E-state index contributed by atoms with van der Waals surface area (Å²) in [5.41, 5.74) is 1.73. The second-order valence-electron chi connectivity index (χ2n) is 7.75. The second-order valence-corrected chi connectivity index (χ2v) is 10.2. The van der Waals surface area contributed by atoms with E-state index in [1.54, 1.807) is 6.07 Å². The van der Waals surface area contributed by atoms with Crippen LogP contribution in [0.3, 0.4) is 0 Å². The van der Waals surface area contributed by atoms with Gasteiger partial charge in [-0.2, -0.15) is 0 Å². The fourth-order valence-corrected chi connectivity index (χ4v) is 5.47. The van der Waals surface area contributed by atoms with Crippen molar-refractivity contribution in [2.45, 2.75) is 25.7 Å². The van der Waals surface area contributed by atoms with E-state index in [0.29, 0.717) is 44.5 Å². The number of carbonyl (C=O) groups is 2. The van der Waals surface area contributed by atoms with E-state index in [4.69, 9.17) is 16.3 Å². The van der Waals surface area contributed by atoms with Gasteiger partial charge in [0.1, 0.15) is 0 Å². The number of anilines is 1. The van der Waals surface area contributed by atoms with E-state index < -0.39 is 16.0 Å². The van der Waals surface area contributed by atoms with Crippen LogP contribution >= 0.6 is 11.6 Å². The summed E-state index contributed by atoms with van der Waals surface area (Å²) < 4.78 is 31.5. The van der Waals surface area contributed by atoms with Crippen molar-refractivity contribution in [3.05, 3.63) is 64.7 Å². The van der Waals surface area contributed by atoms with Crippen LogP contribution in [0.4, 0.5) is 5.69 Å². The molecule has 2 aromatic rings. The minimum absolute atomic E-state index is 0.0971. The van der Waals surface area contributed by atoms with Gasteiger partial charge in [-0.1, -0.05) is 41.9 Å². The fourth-order valence-electron chi connectivity index (χ4n) is 3.74. The predicted molar refractivity (Wildman–Crippen MR) is 124 cm³/mol. The molecule has 0 aliphatic carbocycles. The number of benzene rings is 2. The summed E-state index contributed by atoms with van der Waals surface area (Å²) >= 11 is 6.01. The van der Waals surface area contributed by atoms with Crippen LogP contribution in [0.1, 0.15) is 35.2 Å². The Labute approximate surface area is 193 Å². The molecule has 9 heteroatoms. The zero-order valence-corrected chi connectivity index (χ0v) is 19.5. The number of amides is 1. The largest absolute Gasteiger partial charge is 0.465 e. The molecule has 0 bridgehead atoms. The summed E-state index contributed by atoms with van der Waals surface area (Å²) in [6.07, 6.45) is 2.17. The average molecular weight is 479 g/mol. The molecule has 0 radical (unpaired) electrons. The van der Waals surface area contributed by atoms with E-state index in [-0.39, 0.29) is 28.2 Å².